The van der Waals surface area contributed by atoms with Crippen LogP contribution in [-0.4, -0.2) is 46.9 Å². The first-order chi connectivity index (χ1) is 23.0. The van der Waals surface area contributed by atoms with Crippen molar-refractivity contribution in [2.24, 2.45) is 0 Å². The van der Waals surface area contributed by atoms with Gasteiger partial charge in [-0.3, -0.25) is 9.59 Å². The summed E-state index contributed by atoms with van der Waals surface area (Å²) in [6, 6.07) is 8.37. The number of carbonyl (C=O) groups is 2. The standard InChI is InChI=1S/C42H66O6S2/c1-39(2,3)31-25-29(26-32(37(31)45)40(4,5)6)17-13-21-47-35(43)19-15-23-49-50-24-16-20-36(44)48-22-14-18-30-27-33(41(7,8)9)38(46)34(28-30)42(10,11)12/h25-28,45-46H,13-24H2,1-12H3. The lowest BCUT2D eigenvalue weighted by Crippen LogP contribution is -2.18. The van der Waals surface area contributed by atoms with Crippen molar-refractivity contribution in [1.29, 1.82) is 0 Å². The minimum absolute atomic E-state index is 0.162. The second-order valence-electron chi connectivity index (χ2n) is 17.6. The summed E-state index contributed by atoms with van der Waals surface area (Å²) in [4.78, 5) is 24.5. The largest absolute Gasteiger partial charge is 0.507 e. The molecule has 0 aromatic heterocycles. The predicted octanol–water partition coefficient (Wildman–Crippen LogP) is 10.9. The van der Waals surface area contributed by atoms with E-state index in [1.165, 1.54) is 0 Å². The maximum atomic E-state index is 12.3. The molecule has 6 nitrogen and oxygen atoms in total. The van der Waals surface area contributed by atoms with Gasteiger partial charge in [-0.05, 0) is 93.6 Å². The third kappa shape index (κ3) is 14.7. The second kappa shape index (κ2) is 19.0. The molecule has 0 saturated heterocycles. The van der Waals surface area contributed by atoms with Crippen molar-refractivity contribution in [3.8, 4) is 11.5 Å². The normalized spacial score (nSPS) is 12.6. The summed E-state index contributed by atoms with van der Waals surface area (Å²) in [6.07, 6.45) is 5.39. The van der Waals surface area contributed by atoms with Crippen LogP contribution in [0.5, 0.6) is 11.5 Å². The molecule has 0 radical (unpaired) electrons. The van der Waals surface area contributed by atoms with Crippen molar-refractivity contribution in [3.05, 3.63) is 57.6 Å². The predicted molar refractivity (Wildman–Crippen MR) is 213 cm³/mol. The molecule has 0 fully saturated rings. The van der Waals surface area contributed by atoms with Gasteiger partial charge in [0.25, 0.3) is 0 Å². The molecule has 0 unspecified atom stereocenters. The molecule has 8 heteroatoms. The highest BCUT2D eigenvalue weighted by atomic mass is 33.1. The van der Waals surface area contributed by atoms with E-state index in [1.807, 2.05) is 0 Å². The van der Waals surface area contributed by atoms with E-state index in [0.29, 0.717) is 37.6 Å². The van der Waals surface area contributed by atoms with Crippen LogP contribution in [0.1, 0.15) is 155 Å². The summed E-state index contributed by atoms with van der Waals surface area (Å²) in [7, 11) is 3.45. The SMILES string of the molecule is CC(C)(C)c1cc(CCCOC(=O)CCCSSCCCC(=O)OCCCc2cc(C(C)(C)C)c(O)c(C(C)(C)C)c2)cc(C(C)(C)C)c1O. The first kappa shape index (κ1) is 43.8. The van der Waals surface area contributed by atoms with Gasteiger partial charge in [-0.1, -0.05) is 129 Å². The fourth-order valence-electron chi connectivity index (χ4n) is 5.70. The topological polar surface area (TPSA) is 93.1 Å². The van der Waals surface area contributed by atoms with E-state index in [0.717, 1.165) is 83.4 Å². The molecule has 0 saturated carbocycles. The Morgan fingerprint density at radius 3 is 1.06 bits per heavy atom. The maximum Gasteiger partial charge on any atom is 0.305 e. The molecule has 0 aliphatic heterocycles. The number of hydrogen-bond donors (Lipinski definition) is 2. The van der Waals surface area contributed by atoms with Gasteiger partial charge in [0.15, 0.2) is 0 Å². The number of rotatable bonds is 17. The molecule has 2 N–H and O–H groups in total. The third-order valence-electron chi connectivity index (χ3n) is 8.62. The van der Waals surface area contributed by atoms with Crippen LogP contribution in [0.4, 0.5) is 0 Å². The molecule has 0 spiro atoms. The number of aryl methyl sites for hydroxylation is 2. The highest BCUT2D eigenvalue weighted by Gasteiger charge is 2.28. The zero-order chi connectivity index (χ0) is 37.9. The highest BCUT2D eigenvalue weighted by molar-refractivity contribution is 8.76. The Labute approximate surface area is 311 Å². The van der Waals surface area contributed by atoms with Crippen molar-refractivity contribution in [3.63, 3.8) is 0 Å². The Bertz CT molecular complexity index is 1230. The van der Waals surface area contributed by atoms with E-state index in [-0.39, 0.29) is 33.6 Å². The highest BCUT2D eigenvalue weighted by Crippen LogP contribution is 2.41. The van der Waals surface area contributed by atoms with Gasteiger partial charge in [0.05, 0.1) is 13.2 Å². The van der Waals surface area contributed by atoms with Crippen LogP contribution in [0.3, 0.4) is 0 Å². The van der Waals surface area contributed by atoms with Gasteiger partial charge in [-0.2, -0.15) is 0 Å². The number of benzene rings is 2. The lowest BCUT2D eigenvalue weighted by Gasteiger charge is -2.28. The smallest absolute Gasteiger partial charge is 0.305 e. The average Bonchev–Trinajstić information content (AvgIpc) is 2.97. The quantitative estimate of drug-likeness (QED) is 0.0944. The van der Waals surface area contributed by atoms with Crippen LogP contribution in [0.2, 0.25) is 0 Å². The van der Waals surface area contributed by atoms with Crippen molar-refractivity contribution in [2.45, 2.75) is 156 Å². The summed E-state index contributed by atoms with van der Waals surface area (Å²) in [5, 5.41) is 21.9. The summed E-state index contributed by atoms with van der Waals surface area (Å²) in [6.45, 7) is 26.1. The van der Waals surface area contributed by atoms with Crippen LogP contribution in [0.15, 0.2) is 24.3 Å². The van der Waals surface area contributed by atoms with E-state index in [9.17, 15) is 19.8 Å². The number of ether oxygens (including phenoxy) is 2. The van der Waals surface area contributed by atoms with Gasteiger partial charge < -0.3 is 19.7 Å². The molecule has 2 aromatic carbocycles. The molecule has 0 bridgehead atoms. The molecule has 0 heterocycles. The zero-order valence-electron chi connectivity index (χ0n) is 33.1. The number of carbonyl (C=O) groups excluding carboxylic acids is 2. The molecule has 0 aliphatic rings. The van der Waals surface area contributed by atoms with Crippen LogP contribution >= 0.6 is 21.6 Å². The minimum atomic E-state index is -0.166. The number of hydrogen-bond acceptors (Lipinski definition) is 8. The van der Waals surface area contributed by atoms with E-state index in [4.69, 9.17) is 9.47 Å². The lowest BCUT2D eigenvalue weighted by atomic mass is 9.78. The van der Waals surface area contributed by atoms with E-state index < -0.39 is 0 Å². The number of esters is 2. The molecule has 0 aliphatic carbocycles. The first-order valence-electron chi connectivity index (χ1n) is 18.3. The second-order valence-corrected chi connectivity index (χ2v) is 20.3. The van der Waals surface area contributed by atoms with Crippen molar-refractivity contribution >= 4 is 33.5 Å². The van der Waals surface area contributed by atoms with Crippen LogP contribution in [-0.2, 0) is 53.6 Å². The van der Waals surface area contributed by atoms with Crippen molar-refractivity contribution in [2.75, 3.05) is 24.7 Å². The minimum Gasteiger partial charge on any atom is -0.507 e. The first-order valence-corrected chi connectivity index (χ1v) is 20.8. The van der Waals surface area contributed by atoms with Gasteiger partial charge in [-0.15, -0.1) is 0 Å². The Morgan fingerprint density at radius 2 is 0.800 bits per heavy atom. The summed E-state index contributed by atoms with van der Waals surface area (Å²) in [5.41, 5.74) is 5.46. The Balaban J connectivity index is 1.59. The van der Waals surface area contributed by atoms with Gasteiger partial charge in [-0.25, -0.2) is 0 Å². The van der Waals surface area contributed by atoms with E-state index >= 15 is 0 Å². The van der Waals surface area contributed by atoms with E-state index in [1.54, 1.807) is 21.6 Å². The van der Waals surface area contributed by atoms with Crippen LogP contribution in [0, 0.1) is 0 Å². The van der Waals surface area contributed by atoms with Gasteiger partial charge in [0.2, 0.25) is 0 Å². The number of aromatic hydroxyl groups is 2. The molecule has 0 atom stereocenters. The summed E-state index contributed by atoms with van der Waals surface area (Å²) in [5.74, 6) is 2.16. The molecule has 0 amide bonds. The Kier molecular flexibility index (Phi) is 16.6. The lowest BCUT2D eigenvalue weighted by molar-refractivity contribution is -0.144. The fraction of sp³-hybridized carbons (Fsp3) is 0.667. The van der Waals surface area contributed by atoms with Crippen molar-refractivity contribution < 1.29 is 29.3 Å². The fourth-order valence-corrected chi connectivity index (χ4v) is 7.88. The van der Waals surface area contributed by atoms with E-state index in [2.05, 4.69) is 107 Å². The molecule has 50 heavy (non-hydrogen) atoms. The van der Waals surface area contributed by atoms with Gasteiger partial charge >= 0.3 is 11.9 Å². The average molecular weight is 731 g/mol. The Morgan fingerprint density at radius 1 is 0.520 bits per heavy atom. The monoisotopic (exact) mass is 730 g/mol. The molecular formula is C42H66O6S2. The van der Waals surface area contributed by atoms with Crippen molar-refractivity contribution in [1.82, 2.24) is 0 Å². The van der Waals surface area contributed by atoms with Gasteiger partial charge in [0.1, 0.15) is 11.5 Å². The maximum absolute atomic E-state index is 12.3. The molecule has 2 aromatic rings. The third-order valence-corrected chi connectivity index (χ3v) is 11.2. The molecule has 2 rings (SSSR count). The van der Waals surface area contributed by atoms with Gasteiger partial charge in [0, 0.05) is 24.3 Å². The number of phenols is 2. The summed E-state index contributed by atoms with van der Waals surface area (Å²) >= 11 is 0. The van der Waals surface area contributed by atoms with Crippen LogP contribution < -0.4 is 0 Å². The summed E-state index contributed by atoms with van der Waals surface area (Å²) < 4.78 is 11.0. The van der Waals surface area contributed by atoms with Crippen LogP contribution in [0.25, 0.3) is 0 Å². The molecular weight excluding hydrogens is 665 g/mol. The Hall–Kier alpha value is -2.32. The zero-order valence-corrected chi connectivity index (χ0v) is 34.8. The molecule has 282 valence electrons. The number of phenolic OH excluding ortho intramolecular Hbond substituents is 2.